The molecule has 0 unspecified atom stereocenters. The summed E-state index contributed by atoms with van der Waals surface area (Å²) in [5, 5.41) is 0. The maximum absolute atomic E-state index is 14.6. The summed E-state index contributed by atoms with van der Waals surface area (Å²) in [4.78, 5) is 5.14. The van der Waals surface area contributed by atoms with Crippen LogP contribution in [-0.4, -0.2) is 78.6 Å². The number of nitrogens with zero attached hydrogens (tertiary/aromatic N) is 3. The SMILES string of the molecule is COc1ccc(C2=N[C@@H](c3ccc(OC)c(OC)c3)[C@@H](c3ccc(OC)c(OC)c3)N2S(=O)(=O)N2CCCC2)cc1OC. The Hall–Kier alpha value is -4.16. The minimum atomic E-state index is -4.04. The maximum Gasteiger partial charge on any atom is 0.305 e. The van der Waals surface area contributed by atoms with Gasteiger partial charge in [-0.15, -0.1) is 0 Å². The lowest BCUT2D eigenvalue weighted by molar-refractivity contribution is 0.347. The summed E-state index contributed by atoms with van der Waals surface area (Å²) in [6.07, 6.45) is 1.58. The summed E-state index contributed by atoms with van der Waals surface area (Å²) in [6, 6.07) is 14.8. The van der Waals surface area contributed by atoms with Crippen LogP contribution in [0.2, 0.25) is 0 Å². The van der Waals surface area contributed by atoms with Gasteiger partial charge in [-0.2, -0.15) is 12.7 Å². The fraction of sp³-hybridized carbons (Fsp3) is 0.387. The fourth-order valence-electron chi connectivity index (χ4n) is 5.64. The molecule has 0 amide bonds. The summed E-state index contributed by atoms with van der Waals surface area (Å²) < 4.78 is 65.3. The van der Waals surface area contributed by atoms with Gasteiger partial charge in [-0.3, -0.25) is 4.99 Å². The second kappa shape index (κ2) is 12.6. The molecule has 43 heavy (non-hydrogen) atoms. The molecule has 230 valence electrons. The third-order valence-electron chi connectivity index (χ3n) is 7.80. The molecule has 0 aromatic heterocycles. The molecule has 3 aromatic carbocycles. The first-order valence-corrected chi connectivity index (χ1v) is 15.2. The van der Waals surface area contributed by atoms with Gasteiger partial charge in [-0.25, -0.2) is 4.31 Å². The van der Waals surface area contributed by atoms with Crippen molar-refractivity contribution in [3.8, 4) is 34.5 Å². The van der Waals surface area contributed by atoms with Gasteiger partial charge in [-0.1, -0.05) is 12.1 Å². The molecule has 1 fully saturated rings. The summed E-state index contributed by atoms with van der Waals surface area (Å²) >= 11 is 0. The van der Waals surface area contributed by atoms with Crippen molar-refractivity contribution in [3.05, 3.63) is 71.3 Å². The van der Waals surface area contributed by atoms with Gasteiger partial charge in [0.2, 0.25) is 0 Å². The molecule has 5 rings (SSSR count). The summed E-state index contributed by atoms with van der Waals surface area (Å²) in [6.45, 7) is 0.857. The second-order valence-electron chi connectivity index (χ2n) is 10.1. The highest BCUT2D eigenvalue weighted by molar-refractivity contribution is 7.87. The van der Waals surface area contributed by atoms with Crippen molar-refractivity contribution in [3.63, 3.8) is 0 Å². The van der Waals surface area contributed by atoms with E-state index in [1.165, 1.54) is 15.7 Å². The van der Waals surface area contributed by atoms with Gasteiger partial charge in [0.05, 0.1) is 48.7 Å². The summed E-state index contributed by atoms with van der Waals surface area (Å²) in [5.41, 5.74) is 1.99. The standard InChI is InChI=1S/C31H37N3O8S/c1-37-23-12-9-20(17-26(23)40-4)29-30(21-10-13-24(38-2)27(18-21)41-5)34(43(35,36)33-15-7-8-16-33)31(32-29)22-11-14-25(39-3)28(19-22)42-6/h9-14,17-19,29-30H,7-8,15-16H2,1-6H3/t29-,30+/m0/s1. The molecule has 2 aliphatic heterocycles. The van der Waals surface area contributed by atoms with Crippen LogP contribution < -0.4 is 28.4 Å². The molecular formula is C31H37N3O8S. The van der Waals surface area contributed by atoms with E-state index in [4.69, 9.17) is 33.4 Å². The first-order chi connectivity index (χ1) is 20.8. The molecule has 0 N–H and O–H groups in total. The van der Waals surface area contributed by atoms with Crippen molar-refractivity contribution >= 4 is 16.0 Å². The van der Waals surface area contributed by atoms with Crippen molar-refractivity contribution in [2.24, 2.45) is 4.99 Å². The minimum absolute atomic E-state index is 0.285. The highest BCUT2D eigenvalue weighted by Gasteiger charge is 2.48. The molecule has 2 heterocycles. The topological polar surface area (TPSA) is 108 Å². The molecule has 2 aliphatic rings. The maximum atomic E-state index is 14.6. The van der Waals surface area contributed by atoms with E-state index < -0.39 is 22.3 Å². The average molecular weight is 612 g/mol. The van der Waals surface area contributed by atoms with E-state index in [1.807, 2.05) is 18.2 Å². The van der Waals surface area contributed by atoms with Crippen LogP contribution in [0, 0.1) is 0 Å². The Morgan fingerprint density at radius 1 is 0.628 bits per heavy atom. The Morgan fingerprint density at radius 2 is 1.09 bits per heavy atom. The van der Waals surface area contributed by atoms with Gasteiger partial charge in [0, 0.05) is 18.7 Å². The fourth-order valence-corrected chi connectivity index (χ4v) is 7.50. The van der Waals surface area contributed by atoms with E-state index in [9.17, 15) is 8.42 Å². The van der Waals surface area contributed by atoms with Gasteiger partial charge in [-0.05, 0) is 66.4 Å². The van der Waals surface area contributed by atoms with E-state index in [1.54, 1.807) is 71.9 Å². The van der Waals surface area contributed by atoms with Gasteiger partial charge in [0.1, 0.15) is 11.9 Å². The summed E-state index contributed by atoms with van der Waals surface area (Å²) in [7, 11) is 5.28. The van der Waals surface area contributed by atoms with E-state index in [-0.39, 0.29) is 5.84 Å². The molecule has 3 aromatic rings. The van der Waals surface area contributed by atoms with Gasteiger partial charge < -0.3 is 28.4 Å². The van der Waals surface area contributed by atoms with Crippen molar-refractivity contribution in [2.75, 3.05) is 55.7 Å². The second-order valence-corrected chi connectivity index (χ2v) is 11.9. The van der Waals surface area contributed by atoms with Crippen LogP contribution in [0.4, 0.5) is 0 Å². The lowest BCUT2D eigenvalue weighted by Gasteiger charge is -2.33. The van der Waals surface area contributed by atoms with Crippen molar-refractivity contribution in [1.29, 1.82) is 0 Å². The molecule has 0 aliphatic carbocycles. The normalized spacial score (nSPS) is 18.7. The van der Waals surface area contributed by atoms with Gasteiger partial charge in [0.25, 0.3) is 0 Å². The Kier molecular flexibility index (Phi) is 8.88. The van der Waals surface area contributed by atoms with Crippen molar-refractivity contribution < 1.29 is 36.8 Å². The quantitative estimate of drug-likeness (QED) is 0.309. The van der Waals surface area contributed by atoms with E-state index in [0.717, 1.165) is 18.4 Å². The van der Waals surface area contributed by atoms with Crippen molar-refractivity contribution in [1.82, 2.24) is 8.61 Å². The van der Waals surface area contributed by atoms with Crippen LogP contribution in [0.3, 0.4) is 0 Å². The molecule has 12 heteroatoms. The predicted molar refractivity (Wildman–Crippen MR) is 162 cm³/mol. The number of benzene rings is 3. The smallest absolute Gasteiger partial charge is 0.305 e. The zero-order valence-corrected chi connectivity index (χ0v) is 26.0. The van der Waals surface area contributed by atoms with Crippen LogP contribution in [0.25, 0.3) is 0 Å². The summed E-state index contributed by atoms with van der Waals surface area (Å²) in [5.74, 6) is 3.33. The number of amidine groups is 1. The van der Waals surface area contributed by atoms with Gasteiger partial charge >= 0.3 is 10.2 Å². The number of aliphatic imine (C=N–C) groups is 1. The number of ether oxygens (including phenoxy) is 6. The van der Waals surface area contributed by atoms with Crippen LogP contribution in [-0.2, 0) is 10.2 Å². The molecule has 0 spiro atoms. The molecular weight excluding hydrogens is 574 g/mol. The van der Waals surface area contributed by atoms with Gasteiger partial charge in [0.15, 0.2) is 34.5 Å². The predicted octanol–water partition coefficient (Wildman–Crippen LogP) is 4.62. The highest BCUT2D eigenvalue weighted by Crippen LogP contribution is 2.49. The zero-order chi connectivity index (χ0) is 30.7. The number of rotatable bonds is 11. The average Bonchev–Trinajstić information content (AvgIpc) is 3.74. The van der Waals surface area contributed by atoms with E-state index in [0.29, 0.717) is 58.7 Å². The lowest BCUT2D eigenvalue weighted by Crippen LogP contribution is -2.46. The Morgan fingerprint density at radius 3 is 1.63 bits per heavy atom. The monoisotopic (exact) mass is 611 g/mol. The minimum Gasteiger partial charge on any atom is -0.493 e. The van der Waals surface area contributed by atoms with Crippen LogP contribution >= 0.6 is 0 Å². The Bertz CT molecular complexity index is 1600. The largest absolute Gasteiger partial charge is 0.493 e. The third kappa shape index (κ3) is 5.52. The number of methoxy groups -OCH3 is 6. The molecule has 0 bridgehead atoms. The highest BCUT2D eigenvalue weighted by atomic mass is 32.2. The molecule has 0 saturated carbocycles. The number of hydrogen-bond donors (Lipinski definition) is 0. The van der Waals surface area contributed by atoms with Crippen LogP contribution in [0.15, 0.2) is 59.6 Å². The Balaban J connectivity index is 1.78. The lowest BCUT2D eigenvalue weighted by atomic mass is 9.94. The first-order valence-electron chi connectivity index (χ1n) is 13.8. The molecule has 1 saturated heterocycles. The van der Waals surface area contributed by atoms with Crippen LogP contribution in [0.5, 0.6) is 34.5 Å². The molecule has 2 atom stereocenters. The van der Waals surface area contributed by atoms with E-state index in [2.05, 4.69) is 0 Å². The Labute approximate surface area is 252 Å². The third-order valence-corrected chi connectivity index (χ3v) is 9.72. The zero-order valence-electron chi connectivity index (χ0n) is 25.2. The molecule has 0 radical (unpaired) electrons. The first kappa shape index (κ1) is 30.3. The number of hydrogen-bond acceptors (Lipinski definition) is 9. The molecule has 11 nitrogen and oxygen atoms in total. The van der Waals surface area contributed by atoms with E-state index >= 15 is 0 Å². The van der Waals surface area contributed by atoms with Crippen molar-refractivity contribution in [2.45, 2.75) is 24.9 Å². The van der Waals surface area contributed by atoms with Crippen LogP contribution in [0.1, 0.15) is 41.6 Å².